The number of rotatable bonds is 2. The van der Waals surface area contributed by atoms with Gasteiger partial charge in [-0.05, 0) is 24.3 Å². The lowest BCUT2D eigenvalue weighted by atomic mass is 10.2. The maximum Gasteiger partial charge on any atom is 0.0501 e. The van der Waals surface area contributed by atoms with E-state index in [1.807, 2.05) is 18.2 Å². The zero-order valence-corrected chi connectivity index (χ0v) is 8.22. The summed E-state index contributed by atoms with van der Waals surface area (Å²) in [4.78, 5) is 8.40. The van der Waals surface area contributed by atoms with E-state index < -0.39 is 0 Å². The lowest BCUT2D eigenvalue weighted by Crippen LogP contribution is -1.97. The molecule has 0 bridgehead atoms. The van der Waals surface area contributed by atoms with Crippen LogP contribution in [0.1, 0.15) is 11.4 Å². The number of hydrogen-bond acceptors (Lipinski definition) is 4. The van der Waals surface area contributed by atoms with E-state index in [1.54, 1.807) is 18.5 Å². The zero-order chi connectivity index (χ0) is 10.7. The Kier molecular flexibility index (Phi) is 2.49. The van der Waals surface area contributed by atoms with E-state index in [2.05, 4.69) is 9.97 Å². The van der Waals surface area contributed by atoms with E-state index in [-0.39, 0.29) is 0 Å². The Morgan fingerprint density at radius 2 is 1.80 bits per heavy atom. The van der Waals surface area contributed by atoms with E-state index in [0.29, 0.717) is 12.1 Å². The summed E-state index contributed by atoms with van der Waals surface area (Å²) in [5.41, 5.74) is 14.4. The second kappa shape index (κ2) is 3.96. The van der Waals surface area contributed by atoms with Gasteiger partial charge in [0.1, 0.15) is 0 Å². The summed E-state index contributed by atoms with van der Waals surface area (Å²) < 4.78 is 0. The number of pyridine rings is 2. The third-order valence-corrected chi connectivity index (χ3v) is 2.05. The predicted octanol–water partition coefficient (Wildman–Crippen LogP) is 1.23. The fourth-order valence-electron chi connectivity index (χ4n) is 1.32. The number of anilines is 2. The van der Waals surface area contributed by atoms with Crippen molar-refractivity contribution in [3.63, 3.8) is 0 Å². The SMILES string of the molecule is Nc1ccc(Cc2cc(N)ccn2)nc1. The highest BCUT2D eigenvalue weighted by Gasteiger charge is 1.99. The Morgan fingerprint density at radius 1 is 0.933 bits per heavy atom. The van der Waals surface area contributed by atoms with Crippen LogP contribution in [0.15, 0.2) is 36.7 Å². The minimum atomic E-state index is 0.666. The number of nitrogen functional groups attached to an aromatic ring is 2. The summed E-state index contributed by atoms with van der Waals surface area (Å²) in [6.07, 6.45) is 4.01. The van der Waals surface area contributed by atoms with Gasteiger partial charge in [-0.25, -0.2) is 0 Å². The molecule has 2 rings (SSSR count). The maximum atomic E-state index is 5.66. The van der Waals surface area contributed by atoms with E-state index in [4.69, 9.17) is 11.5 Å². The van der Waals surface area contributed by atoms with Crippen LogP contribution < -0.4 is 11.5 Å². The van der Waals surface area contributed by atoms with Crippen molar-refractivity contribution in [1.29, 1.82) is 0 Å². The van der Waals surface area contributed by atoms with Crippen LogP contribution in [-0.4, -0.2) is 9.97 Å². The molecule has 0 aliphatic heterocycles. The van der Waals surface area contributed by atoms with Gasteiger partial charge in [-0.1, -0.05) is 0 Å². The van der Waals surface area contributed by atoms with Crippen LogP contribution in [-0.2, 0) is 6.42 Å². The average Bonchev–Trinajstić information content (AvgIpc) is 2.22. The van der Waals surface area contributed by atoms with E-state index in [0.717, 1.165) is 17.1 Å². The number of hydrogen-bond donors (Lipinski definition) is 2. The van der Waals surface area contributed by atoms with Crippen molar-refractivity contribution in [1.82, 2.24) is 9.97 Å². The van der Waals surface area contributed by atoms with E-state index in [9.17, 15) is 0 Å². The normalized spacial score (nSPS) is 10.1. The van der Waals surface area contributed by atoms with Crippen molar-refractivity contribution in [2.75, 3.05) is 11.5 Å². The second-order valence-electron chi connectivity index (χ2n) is 3.34. The molecule has 4 nitrogen and oxygen atoms in total. The molecular weight excluding hydrogens is 188 g/mol. The monoisotopic (exact) mass is 200 g/mol. The molecule has 0 saturated heterocycles. The van der Waals surface area contributed by atoms with Gasteiger partial charge in [-0.2, -0.15) is 0 Å². The summed E-state index contributed by atoms with van der Waals surface area (Å²) >= 11 is 0. The Hall–Kier alpha value is -2.10. The molecule has 0 radical (unpaired) electrons. The van der Waals surface area contributed by atoms with Gasteiger partial charge in [-0.15, -0.1) is 0 Å². The van der Waals surface area contributed by atoms with Gasteiger partial charge in [0.2, 0.25) is 0 Å². The molecule has 0 aliphatic carbocycles. The van der Waals surface area contributed by atoms with Gasteiger partial charge in [-0.3, -0.25) is 9.97 Å². The molecule has 0 spiro atoms. The summed E-state index contributed by atoms with van der Waals surface area (Å²) in [6, 6.07) is 7.33. The van der Waals surface area contributed by atoms with Crippen molar-refractivity contribution < 1.29 is 0 Å². The molecule has 0 fully saturated rings. The van der Waals surface area contributed by atoms with Crippen LogP contribution in [0.4, 0.5) is 11.4 Å². The van der Waals surface area contributed by atoms with Crippen molar-refractivity contribution >= 4 is 11.4 Å². The third-order valence-electron chi connectivity index (χ3n) is 2.05. The molecule has 2 heterocycles. The minimum Gasteiger partial charge on any atom is -0.399 e. The first kappa shape index (κ1) is 9.45. The van der Waals surface area contributed by atoms with Crippen molar-refractivity contribution in [3.05, 3.63) is 48.0 Å². The van der Waals surface area contributed by atoms with Gasteiger partial charge in [0.25, 0.3) is 0 Å². The molecule has 0 unspecified atom stereocenters. The molecule has 0 saturated carbocycles. The first-order valence-electron chi connectivity index (χ1n) is 4.65. The van der Waals surface area contributed by atoms with Crippen LogP contribution in [0, 0.1) is 0 Å². The smallest absolute Gasteiger partial charge is 0.0501 e. The topological polar surface area (TPSA) is 77.8 Å². The predicted molar refractivity (Wildman–Crippen MR) is 60.1 cm³/mol. The molecule has 4 heteroatoms. The van der Waals surface area contributed by atoms with Gasteiger partial charge < -0.3 is 11.5 Å². The lowest BCUT2D eigenvalue weighted by Gasteiger charge is -2.01. The lowest BCUT2D eigenvalue weighted by molar-refractivity contribution is 1.01. The summed E-state index contributed by atoms with van der Waals surface area (Å²) in [5, 5.41) is 0. The molecule has 0 amide bonds. The quantitative estimate of drug-likeness (QED) is 0.764. The number of nitrogens with zero attached hydrogens (tertiary/aromatic N) is 2. The molecule has 0 aromatic carbocycles. The summed E-state index contributed by atoms with van der Waals surface area (Å²) in [6.45, 7) is 0. The van der Waals surface area contributed by atoms with Crippen molar-refractivity contribution in [3.8, 4) is 0 Å². The second-order valence-corrected chi connectivity index (χ2v) is 3.34. The molecule has 2 aromatic heterocycles. The standard InChI is InChI=1S/C11H12N4/c12-8-3-4-14-11(5-8)6-10-2-1-9(13)7-15-10/h1-5,7H,6,13H2,(H2,12,14). The average molecular weight is 200 g/mol. The van der Waals surface area contributed by atoms with Crippen LogP contribution in [0.3, 0.4) is 0 Å². The fourth-order valence-corrected chi connectivity index (χ4v) is 1.32. The highest BCUT2D eigenvalue weighted by atomic mass is 14.7. The Bertz CT molecular complexity index is 450. The highest BCUT2D eigenvalue weighted by molar-refractivity contribution is 5.39. The van der Waals surface area contributed by atoms with Gasteiger partial charge in [0, 0.05) is 29.7 Å². The Balaban J connectivity index is 2.18. The Labute approximate surface area is 88.0 Å². The first-order chi connectivity index (χ1) is 7.24. The van der Waals surface area contributed by atoms with Crippen LogP contribution >= 0.6 is 0 Å². The molecule has 0 aliphatic rings. The largest absolute Gasteiger partial charge is 0.399 e. The van der Waals surface area contributed by atoms with E-state index >= 15 is 0 Å². The molecule has 4 N–H and O–H groups in total. The molecular formula is C11H12N4. The molecule has 15 heavy (non-hydrogen) atoms. The number of nitrogens with two attached hydrogens (primary N) is 2. The first-order valence-corrected chi connectivity index (χ1v) is 4.65. The molecule has 0 atom stereocenters. The van der Waals surface area contributed by atoms with Crippen LogP contribution in [0.25, 0.3) is 0 Å². The fraction of sp³-hybridized carbons (Fsp3) is 0.0909. The number of aromatic nitrogens is 2. The summed E-state index contributed by atoms with van der Waals surface area (Å²) in [7, 11) is 0. The van der Waals surface area contributed by atoms with Crippen LogP contribution in [0.5, 0.6) is 0 Å². The van der Waals surface area contributed by atoms with E-state index in [1.165, 1.54) is 0 Å². The maximum absolute atomic E-state index is 5.66. The Morgan fingerprint density at radius 3 is 2.47 bits per heavy atom. The zero-order valence-electron chi connectivity index (χ0n) is 8.22. The minimum absolute atomic E-state index is 0.666. The van der Waals surface area contributed by atoms with Crippen molar-refractivity contribution in [2.24, 2.45) is 0 Å². The van der Waals surface area contributed by atoms with Gasteiger partial charge in [0.05, 0.1) is 11.9 Å². The van der Waals surface area contributed by atoms with Gasteiger partial charge in [0.15, 0.2) is 0 Å². The third kappa shape index (κ3) is 2.43. The van der Waals surface area contributed by atoms with Gasteiger partial charge >= 0.3 is 0 Å². The molecule has 76 valence electrons. The summed E-state index contributed by atoms with van der Waals surface area (Å²) in [5.74, 6) is 0. The van der Waals surface area contributed by atoms with Crippen LogP contribution in [0.2, 0.25) is 0 Å². The highest BCUT2D eigenvalue weighted by Crippen LogP contribution is 2.09. The molecule has 2 aromatic rings. The van der Waals surface area contributed by atoms with Crippen molar-refractivity contribution in [2.45, 2.75) is 6.42 Å².